The second-order valence-corrected chi connectivity index (χ2v) is 2.73. The predicted octanol–water partition coefficient (Wildman–Crippen LogP) is 1.12. The smallest absolute Gasteiger partial charge is 0.271 e. The lowest BCUT2D eigenvalue weighted by atomic mass is 10.4. The van der Waals surface area contributed by atoms with E-state index < -0.39 is 18.9 Å². The van der Waals surface area contributed by atoms with Crippen LogP contribution in [0.5, 0.6) is 0 Å². The van der Waals surface area contributed by atoms with Crippen LogP contribution in [0.15, 0.2) is 12.1 Å². The first-order valence-corrected chi connectivity index (χ1v) is 4.03. The number of carbonyl (C=O) groups excluding carboxylic acids is 1. The SMILES string of the molecule is O=C(NCC(F)F)c1ccc(Cl)nn1. The third-order valence-corrected chi connectivity index (χ3v) is 1.48. The maximum atomic E-state index is 11.7. The quantitative estimate of drug-likeness (QED) is 0.832. The van der Waals surface area contributed by atoms with Crippen LogP contribution in [0.3, 0.4) is 0 Å². The lowest BCUT2D eigenvalue weighted by molar-refractivity contribution is 0.0886. The van der Waals surface area contributed by atoms with E-state index in [4.69, 9.17) is 11.6 Å². The summed E-state index contributed by atoms with van der Waals surface area (Å²) >= 11 is 5.42. The minimum atomic E-state index is -2.58. The van der Waals surface area contributed by atoms with Crippen molar-refractivity contribution >= 4 is 17.5 Å². The molecule has 0 atom stereocenters. The predicted molar refractivity (Wildman–Crippen MR) is 45.4 cm³/mol. The highest BCUT2D eigenvalue weighted by Crippen LogP contribution is 2.02. The number of carbonyl (C=O) groups is 1. The summed E-state index contributed by atoms with van der Waals surface area (Å²) in [6, 6.07) is 2.65. The molecule has 1 N–H and O–H groups in total. The van der Waals surface area contributed by atoms with Crippen molar-refractivity contribution in [2.45, 2.75) is 6.43 Å². The van der Waals surface area contributed by atoms with Crippen molar-refractivity contribution in [1.82, 2.24) is 15.5 Å². The molecule has 1 amide bonds. The van der Waals surface area contributed by atoms with E-state index >= 15 is 0 Å². The Balaban J connectivity index is 2.57. The number of rotatable bonds is 3. The van der Waals surface area contributed by atoms with Crippen molar-refractivity contribution < 1.29 is 13.6 Å². The molecule has 4 nitrogen and oxygen atoms in total. The molecule has 0 aliphatic heterocycles. The Bertz CT molecular complexity index is 317. The maximum Gasteiger partial charge on any atom is 0.271 e. The van der Waals surface area contributed by atoms with Gasteiger partial charge < -0.3 is 5.32 Å². The van der Waals surface area contributed by atoms with Gasteiger partial charge in [0.05, 0.1) is 6.54 Å². The van der Waals surface area contributed by atoms with Gasteiger partial charge in [-0.1, -0.05) is 11.6 Å². The minimum Gasteiger partial charge on any atom is -0.345 e. The number of aromatic nitrogens is 2. The van der Waals surface area contributed by atoms with Gasteiger partial charge in [0.2, 0.25) is 0 Å². The van der Waals surface area contributed by atoms with E-state index in [0.717, 1.165) is 0 Å². The Labute approximate surface area is 83.3 Å². The Kier molecular flexibility index (Phi) is 3.70. The molecule has 0 spiro atoms. The normalized spacial score (nSPS) is 10.3. The highest BCUT2D eigenvalue weighted by molar-refractivity contribution is 6.29. The van der Waals surface area contributed by atoms with Crippen LogP contribution in [-0.4, -0.2) is 29.1 Å². The average Bonchev–Trinajstić information content (AvgIpc) is 2.15. The third-order valence-electron chi connectivity index (χ3n) is 1.28. The zero-order valence-corrected chi connectivity index (χ0v) is 7.63. The molecule has 14 heavy (non-hydrogen) atoms. The van der Waals surface area contributed by atoms with E-state index in [-0.39, 0.29) is 10.8 Å². The van der Waals surface area contributed by atoms with E-state index in [2.05, 4.69) is 10.2 Å². The number of hydrogen-bond acceptors (Lipinski definition) is 3. The van der Waals surface area contributed by atoms with Gasteiger partial charge in [-0.05, 0) is 12.1 Å². The lowest BCUT2D eigenvalue weighted by Gasteiger charge is -2.02. The van der Waals surface area contributed by atoms with Crippen molar-refractivity contribution in [1.29, 1.82) is 0 Å². The summed E-state index contributed by atoms with van der Waals surface area (Å²) in [6.45, 7) is -0.705. The molecule has 1 heterocycles. The molecule has 0 bridgehead atoms. The maximum absolute atomic E-state index is 11.7. The van der Waals surface area contributed by atoms with Gasteiger partial charge in [0.1, 0.15) is 0 Å². The summed E-state index contributed by atoms with van der Waals surface area (Å²) in [5.74, 6) is -0.700. The van der Waals surface area contributed by atoms with E-state index in [9.17, 15) is 13.6 Å². The topological polar surface area (TPSA) is 54.9 Å². The Hall–Kier alpha value is -1.30. The van der Waals surface area contributed by atoms with Gasteiger partial charge in [-0.3, -0.25) is 4.79 Å². The molecule has 0 saturated carbocycles. The summed E-state index contributed by atoms with van der Waals surface area (Å²) < 4.78 is 23.4. The number of nitrogens with zero attached hydrogens (tertiary/aromatic N) is 2. The molecular formula is C7H6ClF2N3O. The standard InChI is InChI=1S/C7H6ClF2N3O/c8-5-2-1-4(12-13-5)7(14)11-3-6(9)10/h1-2,6H,3H2,(H,11,14). The van der Waals surface area contributed by atoms with Crippen LogP contribution in [0.2, 0.25) is 5.15 Å². The van der Waals surface area contributed by atoms with Crippen molar-refractivity contribution in [3.05, 3.63) is 23.0 Å². The Morgan fingerprint density at radius 2 is 2.21 bits per heavy atom. The summed E-state index contributed by atoms with van der Waals surface area (Å²) in [4.78, 5) is 11.1. The summed E-state index contributed by atoms with van der Waals surface area (Å²) in [5, 5.41) is 8.93. The first-order valence-electron chi connectivity index (χ1n) is 3.65. The van der Waals surface area contributed by atoms with Gasteiger partial charge in [-0.25, -0.2) is 8.78 Å². The van der Waals surface area contributed by atoms with Crippen LogP contribution in [0, 0.1) is 0 Å². The van der Waals surface area contributed by atoms with Crippen LogP contribution in [0.1, 0.15) is 10.5 Å². The van der Waals surface area contributed by atoms with Gasteiger partial charge in [0, 0.05) is 0 Å². The zero-order chi connectivity index (χ0) is 10.6. The molecule has 76 valence electrons. The van der Waals surface area contributed by atoms with E-state index in [1.54, 1.807) is 0 Å². The molecule has 7 heteroatoms. The highest BCUT2D eigenvalue weighted by atomic mass is 35.5. The van der Waals surface area contributed by atoms with Gasteiger partial charge in [0.25, 0.3) is 12.3 Å². The fourth-order valence-electron chi connectivity index (χ4n) is 0.698. The second-order valence-electron chi connectivity index (χ2n) is 2.34. The number of hydrogen-bond donors (Lipinski definition) is 1. The zero-order valence-electron chi connectivity index (χ0n) is 6.88. The van der Waals surface area contributed by atoms with Crippen LogP contribution < -0.4 is 5.32 Å². The average molecular weight is 222 g/mol. The molecule has 0 saturated heterocycles. The van der Waals surface area contributed by atoms with E-state index in [1.807, 2.05) is 5.32 Å². The number of halogens is 3. The number of amides is 1. The molecule has 0 aliphatic rings. The lowest BCUT2D eigenvalue weighted by Crippen LogP contribution is -2.29. The first-order chi connectivity index (χ1) is 6.59. The molecule has 0 aromatic carbocycles. The molecule has 0 aliphatic carbocycles. The molecule has 1 rings (SSSR count). The molecular weight excluding hydrogens is 216 g/mol. The van der Waals surface area contributed by atoms with Crippen LogP contribution in [0.4, 0.5) is 8.78 Å². The van der Waals surface area contributed by atoms with E-state index in [0.29, 0.717) is 0 Å². The monoisotopic (exact) mass is 221 g/mol. The number of nitrogens with one attached hydrogen (secondary N) is 1. The fraction of sp³-hybridized carbons (Fsp3) is 0.286. The largest absolute Gasteiger partial charge is 0.345 e. The van der Waals surface area contributed by atoms with Gasteiger partial charge in [-0.2, -0.15) is 0 Å². The molecule has 1 aromatic rings. The van der Waals surface area contributed by atoms with Gasteiger partial charge >= 0.3 is 0 Å². The third kappa shape index (κ3) is 3.21. The van der Waals surface area contributed by atoms with Gasteiger partial charge in [0.15, 0.2) is 10.8 Å². The first kappa shape index (κ1) is 10.8. The molecule has 0 unspecified atom stereocenters. The molecule has 0 fully saturated rings. The summed E-state index contributed by atoms with van der Waals surface area (Å²) in [7, 11) is 0. The molecule has 1 aromatic heterocycles. The second kappa shape index (κ2) is 4.80. The van der Waals surface area contributed by atoms with Crippen molar-refractivity contribution in [2.24, 2.45) is 0 Å². The number of alkyl halides is 2. The van der Waals surface area contributed by atoms with Crippen molar-refractivity contribution in [3.8, 4) is 0 Å². The fourth-order valence-corrected chi connectivity index (χ4v) is 0.798. The molecule has 0 radical (unpaired) electrons. The van der Waals surface area contributed by atoms with Crippen molar-refractivity contribution in [3.63, 3.8) is 0 Å². The Morgan fingerprint density at radius 1 is 1.50 bits per heavy atom. The van der Waals surface area contributed by atoms with E-state index in [1.165, 1.54) is 12.1 Å². The summed E-state index contributed by atoms with van der Waals surface area (Å²) in [5.41, 5.74) is -0.0462. The van der Waals surface area contributed by atoms with Crippen LogP contribution in [0.25, 0.3) is 0 Å². The highest BCUT2D eigenvalue weighted by Gasteiger charge is 2.10. The van der Waals surface area contributed by atoms with Crippen molar-refractivity contribution in [2.75, 3.05) is 6.54 Å². The van der Waals surface area contributed by atoms with Crippen LogP contribution in [-0.2, 0) is 0 Å². The Morgan fingerprint density at radius 3 is 2.71 bits per heavy atom. The minimum absolute atomic E-state index is 0.0462. The van der Waals surface area contributed by atoms with Crippen LogP contribution >= 0.6 is 11.6 Å². The van der Waals surface area contributed by atoms with Gasteiger partial charge in [-0.15, -0.1) is 10.2 Å². The summed E-state index contributed by atoms with van der Waals surface area (Å²) in [6.07, 6.45) is -2.58.